The predicted molar refractivity (Wildman–Crippen MR) is 435 cm³/mol. The Labute approximate surface area is 615 Å². The molecule has 6 nitrogen and oxygen atoms in total. The molecule has 0 aliphatic rings. The first-order valence-corrected chi connectivity index (χ1v) is 45.6. The molecular weight excluding hydrogens is 1200 g/mol. The van der Waals surface area contributed by atoms with Gasteiger partial charge >= 0.3 is 5.97 Å². The summed E-state index contributed by atoms with van der Waals surface area (Å²) in [5.74, 6) is -0.0338. The molecule has 0 aromatic heterocycles. The molecule has 0 aliphatic carbocycles. The van der Waals surface area contributed by atoms with Crippen molar-refractivity contribution in [2.24, 2.45) is 0 Å². The van der Waals surface area contributed by atoms with E-state index in [1.807, 2.05) is 6.08 Å². The lowest BCUT2D eigenvalue weighted by molar-refractivity contribution is -0.143. The first-order chi connectivity index (χ1) is 48.5. The number of aliphatic hydroxyl groups is 2. The van der Waals surface area contributed by atoms with E-state index in [1.54, 1.807) is 6.08 Å². The standard InChI is InChI=1S/C92H179NO5/c1-3-5-7-9-11-13-15-17-19-21-22-23-24-40-43-46-49-53-56-60-64-68-72-76-80-84-90(95)89(88-94)93-91(96)85-81-77-73-69-65-61-57-54-50-47-44-41-38-36-34-32-30-28-26-25-27-29-31-33-35-37-39-42-45-48-51-55-59-63-67-71-75-79-83-87-98-92(97)86-82-78-74-70-66-62-58-52-20-18-16-14-12-10-8-6-4-2/h18,20,80,84,89-90,94-95H,3-17,19,21-79,81-83,85-88H2,1-2H3,(H,93,96)/b20-18-,84-80+. The van der Waals surface area contributed by atoms with Crippen molar-refractivity contribution < 1.29 is 24.5 Å². The van der Waals surface area contributed by atoms with Gasteiger partial charge < -0.3 is 20.3 Å². The molecule has 6 heteroatoms. The molecule has 2 unspecified atom stereocenters. The van der Waals surface area contributed by atoms with Gasteiger partial charge in [-0.25, -0.2) is 0 Å². The highest BCUT2D eigenvalue weighted by Crippen LogP contribution is 2.21. The molecule has 0 aliphatic heterocycles. The van der Waals surface area contributed by atoms with Crippen LogP contribution in [0.2, 0.25) is 0 Å². The maximum Gasteiger partial charge on any atom is 0.305 e. The van der Waals surface area contributed by atoms with E-state index in [0.717, 1.165) is 38.5 Å². The van der Waals surface area contributed by atoms with Crippen molar-refractivity contribution in [3.8, 4) is 0 Å². The molecule has 0 radical (unpaired) electrons. The number of carbonyl (C=O) groups is 2. The van der Waals surface area contributed by atoms with Crippen LogP contribution < -0.4 is 5.32 Å². The Morgan fingerprint density at radius 3 is 0.724 bits per heavy atom. The summed E-state index contributed by atoms with van der Waals surface area (Å²) in [4.78, 5) is 24.7. The van der Waals surface area contributed by atoms with Crippen LogP contribution in [-0.4, -0.2) is 47.4 Å². The van der Waals surface area contributed by atoms with Crippen molar-refractivity contribution in [2.45, 2.75) is 540 Å². The number of amides is 1. The number of carbonyl (C=O) groups excluding carboxylic acids is 2. The summed E-state index contributed by atoms with van der Waals surface area (Å²) in [5, 5.41) is 23.4. The SMILES string of the molecule is CCCCCCCC/C=C\CCCCCCCCCC(=O)OCCCCCCCCCCCCCCCCCCCCCCCCCCCCCCCCCCCCCCCCCC(=O)NC(CO)C(O)/C=C/CCCCCCCCCCCCCCCCCCCCCCCCC. The van der Waals surface area contributed by atoms with E-state index >= 15 is 0 Å². The molecule has 0 rings (SSSR count). The number of hydrogen-bond acceptors (Lipinski definition) is 5. The predicted octanol–water partition coefficient (Wildman–Crippen LogP) is 30.7. The van der Waals surface area contributed by atoms with E-state index < -0.39 is 12.1 Å². The van der Waals surface area contributed by atoms with Crippen LogP contribution in [0.15, 0.2) is 24.3 Å². The van der Waals surface area contributed by atoms with Crippen LogP contribution in [0.25, 0.3) is 0 Å². The van der Waals surface area contributed by atoms with E-state index in [9.17, 15) is 19.8 Å². The molecule has 0 heterocycles. The fraction of sp³-hybridized carbons (Fsp3) is 0.935. The maximum absolute atomic E-state index is 12.6. The number of rotatable bonds is 87. The van der Waals surface area contributed by atoms with Crippen molar-refractivity contribution >= 4 is 11.9 Å². The van der Waals surface area contributed by atoms with Gasteiger partial charge in [0.2, 0.25) is 5.91 Å². The van der Waals surface area contributed by atoms with Crippen molar-refractivity contribution in [1.82, 2.24) is 5.32 Å². The molecule has 3 N–H and O–H groups in total. The van der Waals surface area contributed by atoms with Gasteiger partial charge in [-0.2, -0.15) is 0 Å². The van der Waals surface area contributed by atoms with E-state index in [-0.39, 0.29) is 18.5 Å². The summed E-state index contributed by atoms with van der Waals surface area (Å²) >= 11 is 0. The lowest BCUT2D eigenvalue weighted by Gasteiger charge is -2.20. The zero-order valence-corrected chi connectivity index (χ0v) is 67.1. The van der Waals surface area contributed by atoms with Crippen molar-refractivity contribution in [2.75, 3.05) is 13.2 Å². The largest absolute Gasteiger partial charge is 0.466 e. The summed E-state index contributed by atoms with van der Waals surface area (Å²) in [5.41, 5.74) is 0. The monoisotopic (exact) mass is 1380 g/mol. The van der Waals surface area contributed by atoms with Crippen LogP contribution >= 0.6 is 0 Å². The summed E-state index contributed by atoms with van der Waals surface area (Å²) in [6, 6.07) is -0.625. The molecule has 582 valence electrons. The maximum atomic E-state index is 12.6. The molecule has 0 aromatic rings. The minimum absolute atomic E-state index is 0.0218. The van der Waals surface area contributed by atoms with Crippen molar-refractivity contribution in [1.29, 1.82) is 0 Å². The topological polar surface area (TPSA) is 95.9 Å². The third-order valence-electron chi connectivity index (χ3n) is 21.7. The Kier molecular flexibility index (Phi) is 86.3. The Balaban J connectivity index is 3.32. The van der Waals surface area contributed by atoms with Crippen LogP contribution in [-0.2, 0) is 14.3 Å². The van der Waals surface area contributed by atoms with Gasteiger partial charge in [0.05, 0.1) is 25.4 Å². The van der Waals surface area contributed by atoms with E-state index in [4.69, 9.17) is 4.74 Å². The minimum Gasteiger partial charge on any atom is -0.466 e. The minimum atomic E-state index is -0.842. The van der Waals surface area contributed by atoms with Gasteiger partial charge in [0, 0.05) is 12.8 Å². The summed E-state index contributed by atoms with van der Waals surface area (Å²) < 4.78 is 5.52. The number of unbranched alkanes of at least 4 members (excludes halogenated alkanes) is 74. The number of aliphatic hydroxyl groups excluding tert-OH is 2. The van der Waals surface area contributed by atoms with Gasteiger partial charge in [-0.15, -0.1) is 0 Å². The second kappa shape index (κ2) is 87.7. The van der Waals surface area contributed by atoms with Crippen LogP contribution in [0.4, 0.5) is 0 Å². The van der Waals surface area contributed by atoms with Crippen LogP contribution in [0, 0.1) is 0 Å². The molecule has 0 bridgehead atoms. The number of esters is 1. The zero-order chi connectivity index (χ0) is 70.5. The van der Waals surface area contributed by atoms with Crippen molar-refractivity contribution in [3.05, 3.63) is 24.3 Å². The molecule has 1 amide bonds. The Hall–Kier alpha value is -1.66. The molecular formula is C92H179NO5. The van der Waals surface area contributed by atoms with Gasteiger partial charge in [0.15, 0.2) is 0 Å². The first-order valence-electron chi connectivity index (χ1n) is 45.6. The Morgan fingerprint density at radius 1 is 0.276 bits per heavy atom. The lowest BCUT2D eigenvalue weighted by atomic mass is 10.0. The lowest BCUT2D eigenvalue weighted by Crippen LogP contribution is -2.45. The average Bonchev–Trinajstić information content (AvgIpc) is 1.73. The van der Waals surface area contributed by atoms with Crippen LogP contribution in [0.1, 0.15) is 528 Å². The van der Waals surface area contributed by atoms with Gasteiger partial charge in [-0.1, -0.05) is 481 Å². The number of allylic oxidation sites excluding steroid dienone is 3. The number of ether oxygens (including phenoxy) is 1. The molecule has 0 saturated heterocycles. The first kappa shape index (κ1) is 96.3. The normalized spacial score (nSPS) is 12.5. The molecule has 2 atom stereocenters. The molecule has 0 saturated carbocycles. The molecule has 0 spiro atoms. The highest BCUT2D eigenvalue weighted by Gasteiger charge is 2.18. The third kappa shape index (κ3) is 83.3. The highest BCUT2D eigenvalue weighted by molar-refractivity contribution is 5.76. The zero-order valence-electron chi connectivity index (χ0n) is 67.1. The van der Waals surface area contributed by atoms with E-state index in [2.05, 4.69) is 31.3 Å². The number of nitrogens with one attached hydrogen (secondary N) is 1. The summed E-state index contributed by atoms with van der Waals surface area (Å²) in [6.07, 6.45) is 115. The fourth-order valence-electron chi connectivity index (χ4n) is 14.8. The fourth-order valence-corrected chi connectivity index (χ4v) is 14.8. The molecule has 0 fully saturated rings. The average molecular weight is 1380 g/mol. The Morgan fingerprint density at radius 2 is 0.480 bits per heavy atom. The van der Waals surface area contributed by atoms with Crippen LogP contribution in [0.3, 0.4) is 0 Å². The van der Waals surface area contributed by atoms with Gasteiger partial charge in [-0.3, -0.25) is 9.59 Å². The third-order valence-corrected chi connectivity index (χ3v) is 21.7. The van der Waals surface area contributed by atoms with Gasteiger partial charge in [0.1, 0.15) is 0 Å². The smallest absolute Gasteiger partial charge is 0.305 e. The van der Waals surface area contributed by atoms with Gasteiger partial charge in [0.25, 0.3) is 0 Å². The second-order valence-corrected chi connectivity index (χ2v) is 31.6. The van der Waals surface area contributed by atoms with Crippen LogP contribution in [0.5, 0.6) is 0 Å². The van der Waals surface area contributed by atoms with E-state index in [0.29, 0.717) is 19.4 Å². The summed E-state index contributed by atoms with van der Waals surface area (Å²) in [7, 11) is 0. The molecule has 98 heavy (non-hydrogen) atoms. The number of hydrogen-bond donors (Lipinski definition) is 3. The summed E-state index contributed by atoms with van der Waals surface area (Å²) in [6.45, 7) is 4.97. The van der Waals surface area contributed by atoms with Gasteiger partial charge in [-0.05, 0) is 57.8 Å². The van der Waals surface area contributed by atoms with Crippen molar-refractivity contribution in [3.63, 3.8) is 0 Å². The Bertz CT molecular complexity index is 1550. The second-order valence-electron chi connectivity index (χ2n) is 31.6. The highest BCUT2D eigenvalue weighted by atomic mass is 16.5. The van der Waals surface area contributed by atoms with E-state index in [1.165, 1.54) is 462 Å². The quantitative estimate of drug-likeness (QED) is 0.0320. The molecule has 0 aromatic carbocycles.